The molecule has 0 bridgehead atoms. The van der Waals surface area contributed by atoms with Gasteiger partial charge in [0.2, 0.25) is 11.8 Å². The Bertz CT molecular complexity index is 873. The summed E-state index contributed by atoms with van der Waals surface area (Å²) in [5.41, 5.74) is 5.43. The standard InChI is InChI=1S/C24H31N3O2/c1-17-9-5-6-12-20(17)21-13-8-14-27(21)16-23(29)26(4)15-22(28)25-24-18(2)10-7-11-19(24)3/h5-7,9-12,21H,8,13-16H2,1-4H3,(H,25,28). The number of likely N-dealkylation sites (tertiary alicyclic amines) is 1. The maximum atomic E-state index is 12.8. The summed E-state index contributed by atoms with van der Waals surface area (Å²) in [6.45, 7) is 7.36. The Morgan fingerprint density at radius 2 is 1.69 bits per heavy atom. The van der Waals surface area contributed by atoms with Crippen molar-refractivity contribution in [2.75, 3.05) is 32.0 Å². The number of rotatable bonds is 6. The molecule has 0 aromatic heterocycles. The molecular weight excluding hydrogens is 362 g/mol. The molecule has 0 spiro atoms. The van der Waals surface area contributed by atoms with Crippen LogP contribution >= 0.6 is 0 Å². The van der Waals surface area contributed by atoms with Crippen LogP contribution in [0.5, 0.6) is 0 Å². The number of likely N-dealkylation sites (N-methyl/N-ethyl adjacent to an activating group) is 1. The van der Waals surface area contributed by atoms with Gasteiger partial charge in [-0.3, -0.25) is 14.5 Å². The van der Waals surface area contributed by atoms with Gasteiger partial charge in [0.15, 0.2) is 0 Å². The minimum atomic E-state index is -0.171. The first-order valence-electron chi connectivity index (χ1n) is 10.3. The molecule has 1 aliphatic rings. The SMILES string of the molecule is Cc1ccccc1C1CCCN1CC(=O)N(C)CC(=O)Nc1c(C)cccc1C. The molecule has 3 rings (SSSR count). The molecule has 1 atom stereocenters. The number of nitrogens with zero attached hydrogens (tertiary/aromatic N) is 2. The summed E-state index contributed by atoms with van der Waals surface area (Å²) < 4.78 is 0. The van der Waals surface area contributed by atoms with E-state index >= 15 is 0 Å². The fourth-order valence-corrected chi connectivity index (χ4v) is 4.12. The maximum absolute atomic E-state index is 12.8. The van der Waals surface area contributed by atoms with Crippen molar-refractivity contribution < 1.29 is 9.59 Å². The van der Waals surface area contributed by atoms with Crippen molar-refractivity contribution in [3.8, 4) is 0 Å². The van der Waals surface area contributed by atoms with Crippen LogP contribution in [0.25, 0.3) is 0 Å². The van der Waals surface area contributed by atoms with E-state index in [1.54, 1.807) is 7.05 Å². The molecule has 2 aromatic rings. The van der Waals surface area contributed by atoms with Gasteiger partial charge in [-0.2, -0.15) is 0 Å². The first kappa shape index (κ1) is 21.1. The van der Waals surface area contributed by atoms with Crippen LogP contribution in [0.1, 0.15) is 41.1 Å². The molecule has 1 N–H and O–H groups in total. The minimum Gasteiger partial charge on any atom is -0.335 e. The fraction of sp³-hybridized carbons (Fsp3) is 0.417. The van der Waals surface area contributed by atoms with Crippen molar-refractivity contribution in [2.45, 2.75) is 39.7 Å². The molecule has 1 unspecified atom stereocenters. The number of nitrogens with one attached hydrogen (secondary N) is 1. The minimum absolute atomic E-state index is 0.0258. The van der Waals surface area contributed by atoms with E-state index in [1.165, 1.54) is 16.0 Å². The van der Waals surface area contributed by atoms with Crippen LogP contribution in [-0.2, 0) is 9.59 Å². The van der Waals surface area contributed by atoms with E-state index in [-0.39, 0.29) is 24.4 Å². The molecule has 0 aliphatic carbocycles. The lowest BCUT2D eigenvalue weighted by atomic mass is 9.99. The molecule has 1 fully saturated rings. The average Bonchev–Trinajstić information content (AvgIpc) is 3.13. The third kappa shape index (κ3) is 5.04. The van der Waals surface area contributed by atoms with Crippen LogP contribution in [0.3, 0.4) is 0 Å². The van der Waals surface area contributed by atoms with Crippen molar-refractivity contribution in [1.82, 2.24) is 9.80 Å². The second-order valence-corrected chi connectivity index (χ2v) is 8.05. The predicted octanol–water partition coefficient (Wildman–Crippen LogP) is 3.85. The Morgan fingerprint density at radius 3 is 2.38 bits per heavy atom. The second-order valence-electron chi connectivity index (χ2n) is 8.05. The van der Waals surface area contributed by atoms with Crippen LogP contribution in [0.15, 0.2) is 42.5 Å². The number of anilines is 1. The highest BCUT2D eigenvalue weighted by atomic mass is 16.2. The van der Waals surface area contributed by atoms with E-state index in [1.807, 2.05) is 38.1 Å². The molecule has 0 radical (unpaired) electrons. The third-order valence-electron chi connectivity index (χ3n) is 5.80. The molecule has 1 saturated heterocycles. The summed E-state index contributed by atoms with van der Waals surface area (Å²) in [4.78, 5) is 29.0. The van der Waals surface area contributed by atoms with E-state index in [2.05, 4.69) is 35.3 Å². The summed E-state index contributed by atoms with van der Waals surface area (Å²) in [6, 6.07) is 14.6. The summed E-state index contributed by atoms with van der Waals surface area (Å²) >= 11 is 0. The average molecular weight is 394 g/mol. The number of amides is 2. The molecule has 154 valence electrons. The molecule has 5 heteroatoms. The monoisotopic (exact) mass is 393 g/mol. The lowest BCUT2D eigenvalue weighted by molar-refractivity contribution is -0.134. The van der Waals surface area contributed by atoms with Gasteiger partial charge in [0.25, 0.3) is 0 Å². The quantitative estimate of drug-likeness (QED) is 0.811. The van der Waals surface area contributed by atoms with Crippen molar-refractivity contribution in [3.63, 3.8) is 0 Å². The van der Waals surface area contributed by atoms with Crippen molar-refractivity contribution in [2.24, 2.45) is 0 Å². The van der Waals surface area contributed by atoms with Crippen molar-refractivity contribution in [3.05, 3.63) is 64.7 Å². The molecule has 29 heavy (non-hydrogen) atoms. The summed E-state index contributed by atoms with van der Waals surface area (Å²) in [7, 11) is 1.70. The van der Waals surface area contributed by atoms with E-state index in [9.17, 15) is 9.59 Å². The molecule has 0 saturated carbocycles. The van der Waals surface area contributed by atoms with Gasteiger partial charge in [-0.15, -0.1) is 0 Å². The zero-order valence-corrected chi connectivity index (χ0v) is 17.9. The zero-order valence-electron chi connectivity index (χ0n) is 17.9. The van der Waals surface area contributed by atoms with Gasteiger partial charge in [0.05, 0.1) is 13.1 Å². The number of carbonyl (C=O) groups is 2. The Labute approximate surface area is 173 Å². The summed E-state index contributed by atoms with van der Waals surface area (Å²) in [5.74, 6) is -0.197. The van der Waals surface area contributed by atoms with E-state index < -0.39 is 0 Å². The number of benzene rings is 2. The van der Waals surface area contributed by atoms with Crippen LogP contribution in [0.4, 0.5) is 5.69 Å². The first-order valence-corrected chi connectivity index (χ1v) is 10.3. The van der Waals surface area contributed by atoms with Gasteiger partial charge in [-0.05, 0) is 62.4 Å². The summed E-state index contributed by atoms with van der Waals surface area (Å²) in [5, 5.41) is 2.95. The van der Waals surface area contributed by atoms with E-state index in [0.717, 1.165) is 36.2 Å². The van der Waals surface area contributed by atoms with Gasteiger partial charge < -0.3 is 10.2 Å². The van der Waals surface area contributed by atoms with Crippen molar-refractivity contribution >= 4 is 17.5 Å². The largest absolute Gasteiger partial charge is 0.335 e. The van der Waals surface area contributed by atoms with Crippen LogP contribution in [-0.4, -0.2) is 48.3 Å². The van der Waals surface area contributed by atoms with Crippen molar-refractivity contribution in [1.29, 1.82) is 0 Å². The predicted molar refractivity (Wildman–Crippen MR) is 117 cm³/mol. The van der Waals surface area contributed by atoms with Gasteiger partial charge in [-0.1, -0.05) is 42.5 Å². The highest BCUT2D eigenvalue weighted by Gasteiger charge is 2.29. The Kier molecular flexibility index (Phi) is 6.70. The second kappa shape index (κ2) is 9.23. The van der Waals surface area contributed by atoms with Gasteiger partial charge in [0, 0.05) is 18.8 Å². The Morgan fingerprint density at radius 1 is 1.03 bits per heavy atom. The van der Waals surface area contributed by atoms with Crippen LogP contribution in [0, 0.1) is 20.8 Å². The fourth-order valence-electron chi connectivity index (χ4n) is 4.12. The summed E-state index contributed by atoms with van der Waals surface area (Å²) in [6.07, 6.45) is 2.15. The van der Waals surface area contributed by atoms with Crippen LogP contribution in [0.2, 0.25) is 0 Å². The van der Waals surface area contributed by atoms with Gasteiger partial charge in [-0.25, -0.2) is 0 Å². The molecule has 2 aromatic carbocycles. The van der Waals surface area contributed by atoms with E-state index in [0.29, 0.717) is 6.54 Å². The number of aryl methyl sites for hydroxylation is 3. The zero-order chi connectivity index (χ0) is 21.0. The number of carbonyl (C=O) groups excluding carboxylic acids is 2. The normalized spacial score (nSPS) is 16.6. The Hall–Kier alpha value is -2.66. The van der Waals surface area contributed by atoms with Gasteiger partial charge in [0.1, 0.15) is 0 Å². The van der Waals surface area contributed by atoms with Crippen LogP contribution < -0.4 is 5.32 Å². The third-order valence-corrected chi connectivity index (χ3v) is 5.80. The highest BCUT2D eigenvalue weighted by Crippen LogP contribution is 2.33. The van der Waals surface area contributed by atoms with E-state index in [4.69, 9.17) is 0 Å². The molecular formula is C24H31N3O2. The molecule has 2 amide bonds. The smallest absolute Gasteiger partial charge is 0.243 e. The lowest BCUT2D eigenvalue weighted by Crippen LogP contribution is -2.41. The lowest BCUT2D eigenvalue weighted by Gasteiger charge is -2.27. The molecule has 1 aliphatic heterocycles. The number of hydrogen-bond donors (Lipinski definition) is 1. The molecule has 5 nitrogen and oxygen atoms in total. The highest BCUT2D eigenvalue weighted by molar-refractivity contribution is 5.95. The maximum Gasteiger partial charge on any atom is 0.243 e. The Balaban J connectivity index is 1.59. The number of para-hydroxylation sites is 1. The van der Waals surface area contributed by atoms with Gasteiger partial charge >= 0.3 is 0 Å². The first-order chi connectivity index (χ1) is 13.9. The number of hydrogen-bond acceptors (Lipinski definition) is 3. The topological polar surface area (TPSA) is 52.7 Å². The molecule has 1 heterocycles.